The first-order chi connectivity index (χ1) is 13.0. The lowest BCUT2D eigenvalue weighted by atomic mass is 10.1. The van der Waals surface area contributed by atoms with Crippen LogP contribution in [0.4, 0.5) is 5.69 Å². The summed E-state index contributed by atoms with van der Waals surface area (Å²) in [6.45, 7) is 3.44. The van der Waals surface area contributed by atoms with E-state index >= 15 is 0 Å². The normalized spacial score (nSPS) is 14.7. The van der Waals surface area contributed by atoms with Gasteiger partial charge in [0.1, 0.15) is 0 Å². The molecular weight excluding hydrogens is 366 g/mol. The van der Waals surface area contributed by atoms with Gasteiger partial charge in [0.2, 0.25) is 11.1 Å². The number of likely N-dealkylation sites (tertiary alicyclic amines) is 1. The average molecular weight is 390 g/mol. The molecule has 0 atom stereocenters. The number of halogens is 1. The summed E-state index contributed by atoms with van der Waals surface area (Å²) < 4.78 is 4.89. The number of aromatic nitrogens is 1. The van der Waals surface area contributed by atoms with Crippen molar-refractivity contribution < 1.29 is 14.1 Å². The first kappa shape index (κ1) is 19.4. The van der Waals surface area contributed by atoms with Crippen LogP contribution < -0.4 is 5.32 Å². The molecular formula is C20H24ClN3O3. The molecule has 0 radical (unpaired) electrons. The number of nitrogens with one attached hydrogen (secondary N) is 1. The fourth-order valence-electron chi connectivity index (χ4n) is 3.25. The van der Waals surface area contributed by atoms with Crippen molar-refractivity contribution in [2.24, 2.45) is 0 Å². The van der Waals surface area contributed by atoms with Gasteiger partial charge in [-0.3, -0.25) is 9.59 Å². The molecule has 2 amide bonds. The Labute approximate surface area is 163 Å². The number of rotatable bonds is 5. The second-order valence-corrected chi connectivity index (χ2v) is 7.20. The van der Waals surface area contributed by atoms with Gasteiger partial charge in [-0.15, -0.1) is 0 Å². The van der Waals surface area contributed by atoms with Crippen LogP contribution in [0.5, 0.6) is 0 Å². The zero-order valence-corrected chi connectivity index (χ0v) is 16.2. The Bertz CT molecular complexity index is 774. The van der Waals surface area contributed by atoms with Crippen molar-refractivity contribution in [3.8, 4) is 0 Å². The van der Waals surface area contributed by atoms with Crippen LogP contribution in [-0.4, -0.2) is 35.0 Å². The molecule has 1 N–H and O–H groups in total. The summed E-state index contributed by atoms with van der Waals surface area (Å²) in [5, 5.41) is 6.85. The Morgan fingerprint density at radius 3 is 2.41 bits per heavy atom. The summed E-state index contributed by atoms with van der Waals surface area (Å²) in [5.41, 5.74) is 2.77. The lowest BCUT2D eigenvalue weighted by molar-refractivity contribution is -0.116. The molecule has 1 fully saturated rings. The minimum atomic E-state index is -0.127. The van der Waals surface area contributed by atoms with Gasteiger partial charge in [-0.25, -0.2) is 0 Å². The maximum atomic E-state index is 12.6. The molecule has 1 aliphatic heterocycles. The van der Waals surface area contributed by atoms with Gasteiger partial charge < -0.3 is 14.7 Å². The predicted octanol–water partition coefficient (Wildman–Crippen LogP) is 4.22. The van der Waals surface area contributed by atoms with Crippen LogP contribution in [0.1, 0.15) is 53.7 Å². The van der Waals surface area contributed by atoms with Gasteiger partial charge in [0.25, 0.3) is 5.91 Å². The standard InChI is InChI=1S/C20H24ClN3O3/c1-14-17(19(21)27-23-14)10-11-18(25)22-16-8-6-15(7-9-16)20(26)24-12-4-2-3-5-13-24/h6-9H,2-5,10-13H2,1H3,(H,22,25). The number of carbonyl (C=O) groups excluding carboxylic acids is 2. The van der Waals surface area contributed by atoms with Crippen molar-refractivity contribution in [2.75, 3.05) is 18.4 Å². The number of amides is 2. The molecule has 1 aromatic carbocycles. The van der Waals surface area contributed by atoms with Crippen molar-refractivity contribution in [1.29, 1.82) is 0 Å². The van der Waals surface area contributed by atoms with Crippen LogP contribution in [0.25, 0.3) is 0 Å². The number of aryl methyl sites for hydroxylation is 1. The lowest BCUT2D eigenvalue weighted by Crippen LogP contribution is -2.31. The molecule has 0 saturated carbocycles. The van der Waals surface area contributed by atoms with Crippen LogP contribution in [0.2, 0.25) is 5.22 Å². The average Bonchev–Trinajstić information content (AvgIpc) is 2.86. The van der Waals surface area contributed by atoms with Gasteiger partial charge >= 0.3 is 0 Å². The van der Waals surface area contributed by atoms with E-state index < -0.39 is 0 Å². The third-order valence-corrected chi connectivity index (χ3v) is 5.14. The van der Waals surface area contributed by atoms with Crippen molar-refractivity contribution >= 4 is 29.1 Å². The van der Waals surface area contributed by atoms with Gasteiger partial charge in [0, 0.05) is 36.3 Å². The summed E-state index contributed by atoms with van der Waals surface area (Å²) in [7, 11) is 0. The fraction of sp³-hybridized carbons (Fsp3) is 0.450. The van der Waals surface area contributed by atoms with Crippen LogP contribution >= 0.6 is 11.6 Å². The minimum absolute atomic E-state index is 0.0624. The largest absolute Gasteiger partial charge is 0.344 e. The molecule has 3 rings (SSSR count). The quantitative estimate of drug-likeness (QED) is 0.830. The van der Waals surface area contributed by atoms with Gasteiger partial charge in [0.05, 0.1) is 5.69 Å². The topological polar surface area (TPSA) is 75.4 Å². The zero-order chi connectivity index (χ0) is 19.2. The molecule has 7 heteroatoms. The fourth-order valence-corrected chi connectivity index (χ4v) is 3.52. The first-order valence-corrected chi connectivity index (χ1v) is 9.72. The number of nitrogens with zero attached hydrogens (tertiary/aromatic N) is 2. The monoisotopic (exact) mass is 389 g/mol. The smallest absolute Gasteiger partial charge is 0.253 e. The maximum Gasteiger partial charge on any atom is 0.253 e. The zero-order valence-electron chi connectivity index (χ0n) is 15.5. The number of hydrogen-bond donors (Lipinski definition) is 1. The van der Waals surface area contributed by atoms with E-state index in [1.165, 1.54) is 12.8 Å². The molecule has 1 aliphatic rings. The van der Waals surface area contributed by atoms with Gasteiger partial charge in [-0.2, -0.15) is 0 Å². The van der Waals surface area contributed by atoms with E-state index in [1.54, 1.807) is 31.2 Å². The number of carbonyl (C=O) groups is 2. The first-order valence-electron chi connectivity index (χ1n) is 9.34. The van der Waals surface area contributed by atoms with Crippen molar-refractivity contribution in [3.63, 3.8) is 0 Å². The Balaban J connectivity index is 1.53. The summed E-state index contributed by atoms with van der Waals surface area (Å²) >= 11 is 5.91. The summed E-state index contributed by atoms with van der Waals surface area (Å²) in [5.74, 6) is -0.0642. The predicted molar refractivity (Wildman–Crippen MR) is 104 cm³/mol. The van der Waals surface area contributed by atoms with Crippen molar-refractivity contribution in [3.05, 3.63) is 46.3 Å². The van der Waals surface area contributed by atoms with E-state index in [1.807, 2.05) is 4.90 Å². The van der Waals surface area contributed by atoms with Gasteiger partial charge in [-0.05, 0) is 62.1 Å². The van der Waals surface area contributed by atoms with Crippen LogP contribution in [0, 0.1) is 6.92 Å². The van der Waals surface area contributed by atoms with Gasteiger partial charge in [0.15, 0.2) is 0 Å². The SMILES string of the molecule is Cc1noc(Cl)c1CCC(=O)Nc1ccc(C(=O)N2CCCCCC2)cc1. The molecule has 144 valence electrons. The third kappa shape index (κ3) is 5.10. The Hall–Kier alpha value is -2.34. The lowest BCUT2D eigenvalue weighted by Gasteiger charge is -2.20. The van der Waals surface area contributed by atoms with Crippen LogP contribution in [0.3, 0.4) is 0 Å². The highest BCUT2D eigenvalue weighted by atomic mass is 35.5. The maximum absolute atomic E-state index is 12.6. The molecule has 27 heavy (non-hydrogen) atoms. The Kier molecular flexibility index (Phi) is 6.50. The summed E-state index contributed by atoms with van der Waals surface area (Å²) in [6.07, 6.45) is 5.25. The summed E-state index contributed by atoms with van der Waals surface area (Å²) in [4.78, 5) is 26.7. The highest BCUT2D eigenvalue weighted by Crippen LogP contribution is 2.21. The molecule has 0 unspecified atom stereocenters. The molecule has 0 spiro atoms. The highest BCUT2D eigenvalue weighted by molar-refractivity contribution is 6.29. The van der Waals surface area contributed by atoms with E-state index in [0.29, 0.717) is 23.4 Å². The minimum Gasteiger partial charge on any atom is -0.344 e. The van der Waals surface area contributed by atoms with Crippen LogP contribution in [0.15, 0.2) is 28.8 Å². The number of anilines is 1. The number of hydrogen-bond acceptors (Lipinski definition) is 4. The van der Waals surface area contributed by atoms with E-state index in [0.717, 1.165) is 31.5 Å². The molecule has 0 bridgehead atoms. The Morgan fingerprint density at radius 2 is 1.81 bits per heavy atom. The molecule has 1 aromatic heterocycles. The van der Waals surface area contributed by atoms with E-state index in [9.17, 15) is 9.59 Å². The summed E-state index contributed by atoms with van der Waals surface area (Å²) in [6, 6.07) is 7.06. The molecule has 2 heterocycles. The molecule has 1 saturated heterocycles. The van der Waals surface area contributed by atoms with E-state index in [4.69, 9.17) is 16.1 Å². The van der Waals surface area contributed by atoms with E-state index in [2.05, 4.69) is 10.5 Å². The second-order valence-electron chi connectivity index (χ2n) is 6.85. The van der Waals surface area contributed by atoms with E-state index in [-0.39, 0.29) is 23.5 Å². The number of benzene rings is 1. The highest BCUT2D eigenvalue weighted by Gasteiger charge is 2.17. The molecule has 2 aromatic rings. The van der Waals surface area contributed by atoms with Crippen molar-refractivity contribution in [1.82, 2.24) is 10.1 Å². The van der Waals surface area contributed by atoms with Gasteiger partial charge in [-0.1, -0.05) is 18.0 Å². The second kappa shape index (κ2) is 9.04. The van der Waals surface area contributed by atoms with Crippen LogP contribution in [-0.2, 0) is 11.2 Å². The third-order valence-electron chi connectivity index (χ3n) is 4.85. The Morgan fingerprint density at radius 1 is 1.15 bits per heavy atom. The van der Waals surface area contributed by atoms with Crippen molar-refractivity contribution in [2.45, 2.75) is 45.4 Å². The molecule has 6 nitrogen and oxygen atoms in total. The molecule has 0 aliphatic carbocycles.